The Hall–Kier alpha value is -1.82. The lowest BCUT2D eigenvalue weighted by Gasteiger charge is -2.34. The molecule has 1 aromatic carbocycles. The summed E-state index contributed by atoms with van der Waals surface area (Å²) in [4.78, 5) is 17.2. The number of benzene rings is 1. The van der Waals surface area contributed by atoms with Crippen molar-refractivity contribution in [2.45, 2.75) is 20.0 Å². The predicted octanol–water partition coefficient (Wildman–Crippen LogP) is 2.39. The van der Waals surface area contributed by atoms with E-state index < -0.39 is 0 Å². The second-order valence-electron chi connectivity index (χ2n) is 6.46. The van der Waals surface area contributed by atoms with Gasteiger partial charge < -0.3 is 14.6 Å². The van der Waals surface area contributed by atoms with Gasteiger partial charge in [0.2, 0.25) is 0 Å². The Morgan fingerprint density at radius 3 is 2.48 bits per heavy atom. The van der Waals surface area contributed by atoms with Crippen LogP contribution in [0.2, 0.25) is 5.02 Å². The molecule has 0 unspecified atom stereocenters. The van der Waals surface area contributed by atoms with Crippen LogP contribution in [0.25, 0.3) is 0 Å². The molecule has 0 spiro atoms. The van der Waals surface area contributed by atoms with Gasteiger partial charge in [-0.2, -0.15) is 0 Å². The highest BCUT2D eigenvalue weighted by Crippen LogP contribution is 2.16. The van der Waals surface area contributed by atoms with Crippen LogP contribution >= 0.6 is 11.6 Å². The smallest absolute Gasteiger partial charge is 0.293 e. The molecule has 1 saturated heterocycles. The number of hydrogen-bond donors (Lipinski definition) is 1. The SMILES string of the molecule is CCN1CCN(Cc2ccn(Cc3cccc(Cl)c3)c(=O)c2O)CC1. The molecular formula is C19H24ClN3O2. The largest absolute Gasteiger partial charge is 0.503 e. The molecule has 134 valence electrons. The van der Waals surface area contributed by atoms with E-state index in [2.05, 4.69) is 16.7 Å². The summed E-state index contributed by atoms with van der Waals surface area (Å²) in [5, 5.41) is 11.0. The van der Waals surface area contributed by atoms with Gasteiger partial charge in [-0.25, -0.2) is 0 Å². The Morgan fingerprint density at radius 2 is 1.80 bits per heavy atom. The quantitative estimate of drug-likeness (QED) is 0.888. The lowest BCUT2D eigenvalue weighted by atomic mass is 10.2. The molecule has 1 aromatic heterocycles. The molecular weight excluding hydrogens is 338 g/mol. The maximum atomic E-state index is 12.5. The molecule has 6 heteroatoms. The summed E-state index contributed by atoms with van der Waals surface area (Å²) in [6.07, 6.45) is 1.75. The zero-order valence-corrected chi connectivity index (χ0v) is 15.2. The third kappa shape index (κ3) is 4.42. The van der Waals surface area contributed by atoms with Crippen LogP contribution in [-0.4, -0.2) is 52.2 Å². The molecule has 25 heavy (non-hydrogen) atoms. The number of pyridine rings is 1. The minimum Gasteiger partial charge on any atom is -0.503 e. The third-order valence-electron chi connectivity index (χ3n) is 4.77. The number of likely N-dealkylation sites (N-methyl/N-ethyl adjacent to an activating group) is 1. The van der Waals surface area contributed by atoms with Gasteiger partial charge in [0.05, 0.1) is 6.54 Å². The molecule has 0 radical (unpaired) electrons. The maximum absolute atomic E-state index is 12.5. The van der Waals surface area contributed by atoms with Gasteiger partial charge in [0.15, 0.2) is 5.75 Å². The highest BCUT2D eigenvalue weighted by molar-refractivity contribution is 6.30. The molecule has 1 N–H and O–H groups in total. The van der Waals surface area contributed by atoms with Crippen LogP contribution in [-0.2, 0) is 13.1 Å². The highest BCUT2D eigenvalue weighted by Gasteiger charge is 2.18. The van der Waals surface area contributed by atoms with Gasteiger partial charge in [0.25, 0.3) is 5.56 Å². The van der Waals surface area contributed by atoms with Crippen molar-refractivity contribution in [1.29, 1.82) is 0 Å². The second kappa shape index (κ2) is 8.04. The van der Waals surface area contributed by atoms with Crippen molar-refractivity contribution < 1.29 is 5.11 Å². The number of nitrogens with zero attached hydrogens (tertiary/aromatic N) is 3. The first-order chi connectivity index (χ1) is 12.1. The number of aromatic hydroxyl groups is 1. The van der Waals surface area contributed by atoms with Crippen molar-refractivity contribution in [3.05, 3.63) is 63.0 Å². The Kier molecular flexibility index (Phi) is 5.78. The fourth-order valence-corrected chi connectivity index (χ4v) is 3.40. The molecule has 1 aliphatic heterocycles. The fraction of sp³-hybridized carbons (Fsp3) is 0.421. The van der Waals surface area contributed by atoms with Gasteiger partial charge in [-0.1, -0.05) is 30.7 Å². The van der Waals surface area contributed by atoms with Crippen LogP contribution in [0.5, 0.6) is 5.75 Å². The molecule has 2 heterocycles. The minimum absolute atomic E-state index is 0.151. The van der Waals surface area contributed by atoms with Crippen molar-refractivity contribution in [1.82, 2.24) is 14.4 Å². The molecule has 1 aliphatic rings. The highest BCUT2D eigenvalue weighted by atomic mass is 35.5. The van der Waals surface area contributed by atoms with Crippen LogP contribution in [0, 0.1) is 0 Å². The molecule has 0 saturated carbocycles. The number of hydrogen-bond acceptors (Lipinski definition) is 4. The number of piperazine rings is 1. The first-order valence-electron chi connectivity index (χ1n) is 8.67. The number of rotatable bonds is 5. The Bertz CT molecular complexity index is 782. The summed E-state index contributed by atoms with van der Waals surface area (Å²) >= 11 is 5.99. The molecule has 5 nitrogen and oxygen atoms in total. The number of aromatic nitrogens is 1. The molecule has 1 fully saturated rings. The summed E-state index contributed by atoms with van der Waals surface area (Å²) in [6.45, 7) is 8.21. The maximum Gasteiger partial charge on any atom is 0.293 e. The molecule has 3 rings (SSSR count). The summed E-state index contributed by atoms with van der Waals surface area (Å²) in [5.74, 6) is -0.151. The average Bonchev–Trinajstić information content (AvgIpc) is 2.62. The van der Waals surface area contributed by atoms with Gasteiger partial charge in [0, 0.05) is 49.5 Å². The zero-order valence-electron chi connectivity index (χ0n) is 14.5. The van der Waals surface area contributed by atoms with E-state index in [0.29, 0.717) is 23.7 Å². The van der Waals surface area contributed by atoms with Gasteiger partial charge in [0.1, 0.15) is 0 Å². The molecule has 0 bridgehead atoms. The van der Waals surface area contributed by atoms with E-state index >= 15 is 0 Å². The van der Waals surface area contributed by atoms with Crippen LogP contribution in [0.1, 0.15) is 18.1 Å². The summed E-state index contributed by atoms with van der Waals surface area (Å²) in [5.41, 5.74) is 1.26. The van der Waals surface area contributed by atoms with E-state index in [0.717, 1.165) is 38.3 Å². The fourth-order valence-electron chi connectivity index (χ4n) is 3.19. The Morgan fingerprint density at radius 1 is 1.08 bits per heavy atom. The van der Waals surface area contributed by atoms with Crippen molar-refractivity contribution in [3.63, 3.8) is 0 Å². The van der Waals surface area contributed by atoms with Crippen LogP contribution < -0.4 is 5.56 Å². The zero-order chi connectivity index (χ0) is 17.8. The lowest BCUT2D eigenvalue weighted by Crippen LogP contribution is -2.45. The van der Waals surface area contributed by atoms with Crippen LogP contribution in [0.3, 0.4) is 0 Å². The first-order valence-corrected chi connectivity index (χ1v) is 9.05. The molecule has 0 amide bonds. The first kappa shape index (κ1) is 18.0. The van der Waals surface area contributed by atoms with Crippen molar-refractivity contribution in [2.24, 2.45) is 0 Å². The van der Waals surface area contributed by atoms with E-state index in [1.165, 1.54) is 4.57 Å². The van der Waals surface area contributed by atoms with Gasteiger partial charge in [-0.15, -0.1) is 0 Å². The van der Waals surface area contributed by atoms with E-state index in [1.807, 2.05) is 24.3 Å². The van der Waals surface area contributed by atoms with E-state index in [9.17, 15) is 9.90 Å². The molecule has 2 aromatic rings. The Balaban J connectivity index is 1.71. The predicted molar refractivity (Wildman–Crippen MR) is 100 cm³/mol. The average molecular weight is 362 g/mol. The Labute approximate surface area is 153 Å². The van der Waals surface area contributed by atoms with Gasteiger partial charge in [-0.3, -0.25) is 9.69 Å². The van der Waals surface area contributed by atoms with E-state index in [-0.39, 0.29) is 11.3 Å². The van der Waals surface area contributed by atoms with Crippen LogP contribution in [0.15, 0.2) is 41.3 Å². The second-order valence-corrected chi connectivity index (χ2v) is 6.90. The molecule has 0 aliphatic carbocycles. The lowest BCUT2D eigenvalue weighted by molar-refractivity contribution is 0.131. The normalized spacial score (nSPS) is 16.2. The standard InChI is InChI=1S/C19H24ClN3O2/c1-2-21-8-10-22(11-9-21)14-16-6-7-23(19(25)18(16)24)13-15-4-3-5-17(20)12-15/h3-7,12,24H,2,8-11,13-14H2,1H3. The van der Waals surface area contributed by atoms with Crippen molar-refractivity contribution in [2.75, 3.05) is 32.7 Å². The summed E-state index contributed by atoms with van der Waals surface area (Å²) < 4.78 is 1.51. The van der Waals surface area contributed by atoms with Crippen molar-refractivity contribution in [3.8, 4) is 5.75 Å². The van der Waals surface area contributed by atoms with Gasteiger partial charge in [-0.05, 0) is 30.3 Å². The minimum atomic E-state index is -0.357. The monoisotopic (exact) mass is 361 g/mol. The summed E-state index contributed by atoms with van der Waals surface area (Å²) in [7, 11) is 0. The third-order valence-corrected chi connectivity index (χ3v) is 5.01. The summed E-state index contributed by atoms with van der Waals surface area (Å²) in [6, 6.07) is 9.23. The van der Waals surface area contributed by atoms with E-state index in [4.69, 9.17) is 11.6 Å². The van der Waals surface area contributed by atoms with Gasteiger partial charge >= 0.3 is 0 Å². The topological polar surface area (TPSA) is 48.7 Å². The molecule has 0 atom stereocenters. The number of halogens is 1. The van der Waals surface area contributed by atoms with Crippen LogP contribution in [0.4, 0.5) is 0 Å². The van der Waals surface area contributed by atoms with Crippen molar-refractivity contribution >= 4 is 11.6 Å². The van der Waals surface area contributed by atoms with E-state index in [1.54, 1.807) is 12.3 Å².